The van der Waals surface area contributed by atoms with Crippen LogP contribution in [0, 0.1) is 5.92 Å². The van der Waals surface area contributed by atoms with Gasteiger partial charge in [-0.05, 0) is 44.0 Å². The number of thioether (sulfide) groups is 1. The van der Waals surface area contributed by atoms with Gasteiger partial charge in [0, 0.05) is 12.7 Å². The lowest BCUT2D eigenvalue weighted by Gasteiger charge is -2.26. The molecular formula is C12H20N2OS. The molecule has 0 aromatic heterocycles. The molecule has 0 spiro atoms. The molecule has 0 atom stereocenters. The number of hydrogen-bond acceptors (Lipinski definition) is 3. The van der Waals surface area contributed by atoms with Crippen molar-refractivity contribution in [1.82, 2.24) is 10.2 Å². The first-order valence-electron chi connectivity index (χ1n) is 6.01. The van der Waals surface area contributed by atoms with Gasteiger partial charge in [-0.25, -0.2) is 0 Å². The topological polar surface area (TPSA) is 32.3 Å². The molecule has 0 radical (unpaired) electrons. The maximum Gasteiger partial charge on any atom is 0.236 e. The maximum atomic E-state index is 11.9. The fourth-order valence-corrected chi connectivity index (χ4v) is 3.05. The Labute approximate surface area is 102 Å². The third-order valence-corrected chi connectivity index (χ3v) is 4.43. The van der Waals surface area contributed by atoms with E-state index in [-0.39, 0.29) is 5.91 Å². The molecule has 4 heteroatoms. The summed E-state index contributed by atoms with van der Waals surface area (Å²) in [7, 11) is 1.91. The van der Waals surface area contributed by atoms with Crippen molar-refractivity contribution in [2.24, 2.45) is 5.92 Å². The molecule has 2 aliphatic rings. The number of carbonyl (C=O) groups excluding carboxylic acids is 1. The Bertz CT molecular complexity index is 287. The highest BCUT2D eigenvalue weighted by Gasteiger charge is 2.19. The van der Waals surface area contributed by atoms with Crippen LogP contribution in [0.2, 0.25) is 0 Å². The molecular weight excluding hydrogens is 220 g/mol. The number of allylic oxidation sites excluding steroid dienone is 2. The second-order valence-corrected chi connectivity index (χ2v) is 5.61. The monoisotopic (exact) mass is 240 g/mol. The van der Waals surface area contributed by atoms with Gasteiger partial charge in [-0.2, -0.15) is 11.8 Å². The van der Waals surface area contributed by atoms with E-state index in [1.165, 1.54) is 12.1 Å². The van der Waals surface area contributed by atoms with Crippen LogP contribution >= 0.6 is 11.8 Å². The Morgan fingerprint density at radius 1 is 1.62 bits per heavy atom. The zero-order valence-corrected chi connectivity index (χ0v) is 10.7. The zero-order chi connectivity index (χ0) is 11.4. The molecule has 1 saturated heterocycles. The third kappa shape index (κ3) is 3.01. The van der Waals surface area contributed by atoms with E-state index < -0.39 is 0 Å². The van der Waals surface area contributed by atoms with Crippen molar-refractivity contribution in [2.45, 2.75) is 19.3 Å². The molecule has 1 amide bonds. The molecule has 0 bridgehead atoms. The zero-order valence-electron chi connectivity index (χ0n) is 9.87. The predicted molar refractivity (Wildman–Crippen MR) is 68.4 cm³/mol. The van der Waals surface area contributed by atoms with Crippen LogP contribution in [0.25, 0.3) is 0 Å². The van der Waals surface area contributed by atoms with Crippen LogP contribution in [0.4, 0.5) is 0 Å². The number of carbonyl (C=O) groups is 1. The molecule has 90 valence electrons. The summed E-state index contributed by atoms with van der Waals surface area (Å²) in [5.74, 6) is 2.79. The first kappa shape index (κ1) is 12.0. The Morgan fingerprint density at radius 2 is 2.44 bits per heavy atom. The average molecular weight is 240 g/mol. The first-order valence-corrected chi connectivity index (χ1v) is 7.17. The van der Waals surface area contributed by atoms with Crippen molar-refractivity contribution < 1.29 is 4.79 Å². The van der Waals surface area contributed by atoms with E-state index in [0.717, 1.165) is 37.6 Å². The van der Waals surface area contributed by atoms with Crippen LogP contribution in [0.1, 0.15) is 19.3 Å². The van der Waals surface area contributed by atoms with Crippen molar-refractivity contribution >= 4 is 17.7 Å². The largest absolute Gasteiger partial charge is 0.319 e. The van der Waals surface area contributed by atoms with Crippen LogP contribution in [-0.2, 0) is 4.79 Å². The molecule has 0 aromatic carbocycles. The van der Waals surface area contributed by atoms with Gasteiger partial charge in [-0.15, -0.1) is 0 Å². The van der Waals surface area contributed by atoms with Gasteiger partial charge in [0.1, 0.15) is 0 Å². The molecule has 1 fully saturated rings. The molecule has 1 N–H and O–H groups in total. The summed E-state index contributed by atoms with van der Waals surface area (Å²) >= 11 is 1.77. The lowest BCUT2D eigenvalue weighted by Crippen LogP contribution is -2.43. The summed E-state index contributed by atoms with van der Waals surface area (Å²) in [5, 5.41) is 3.25. The molecule has 1 heterocycles. The van der Waals surface area contributed by atoms with E-state index in [2.05, 4.69) is 11.4 Å². The quantitative estimate of drug-likeness (QED) is 0.790. The molecule has 0 aromatic rings. The predicted octanol–water partition coefficient (Wildman–Crippen LogP) is 1.47. The number of hydrogen-bond donors (Lipinski definition) is 1. The van der Waals surface area contributed by atoms with E-state index in [0.29, 0.717) is 5.75 Å². The van der Waals surface area contributed by atoms with Crippen LogP contribution in [0.15, 0.2) is 11.8 Å². The summed E-state index contributed by atoms with van der Waals surface area (Å²) < 4.78 is 0. The summed E-state index contributed by atoms with van der Waals surface area (Å²) in [4.78, 5) is 13.7. The van der Waals surface area contributed by atoms with Crippen molar-refractivity contribution in [2.75, 3.05) is 31.6 Å². The van der Waals surface area contributed by atoms with E-state index >= 15 is 0 Å². The maximum absolute atomic E-state index is 11.9. The summed E-state index contributed by atoms with van der Waals surface area (Å²) in [6.07, 6.45) is 5.60. The highest BCUT2D eigenvalue weighted by molar-refractivity contribution is 7.99. The average Bonchev–Trinajstić information content (AvgIpc) is 2.73. The van der Waals surface area contributed by atoms with Gasteiger partial charge in [-0.3, -0.25) is 4.79 Å². The fraction of sp³-hybridized carbons (Fsp3) is 0.750. The smallest absolute Gasteiger partial charge is 0.236 e. The summed E-state index contributed by atoms with van der Waals surface area (Å²) in [5.41, 5.74) is 1.22. The van der Waals surface area contributed by atoms with Gasteiger partial charge in [0.2, 0.25) is 5.91 Å². The third-order valence-electron chi connectivity index (χ3n) is 3.27. The minimum absolute atomic E-state index is 0.255. The Kier molecular flexibility index (Phi) is 4.29. The second-order valence-electron chi connectivity index (χ2n) is 4.58. The molecule has 1 aliphatic heterocycles. The van der Waals surface area contributed by atoms with E-state index in [4.69, 9.17) is 0 Å². The second kappa shape index (κ2) is 5.73. The molecule has 0 saturated carbocycles. The Morgan fingerprint density at radius 3 is 3.00 bits per heavy atom. The Balaban J connectivity index is 1.65. The van der Waals surface area contributed by atoms with Gasteiger partial charge in [0.05, 0.1) is 5.75 Å². The number of amides is 1. The van der Waals surface area contributed by atoms with Crippen LogP contribution < -0.4 is 5.32 Å². The Hall–Kier alpha value is -0.480. The van der Waals surface area contributed by atoms with E-state index in [1.54, 1.807) is 11.8 Å². The normalized spacial score (nSPS) is 20.4. The minimum atomic E-state index is 0.255. The highest BCUT2D eigenvalue weighted by Crippen LogP contribution is 2.21. The fourth-order valence-electron chi connectivity index (χ4n) is 1.99. The minimum Gasteiger partial charge on any atom is -0.319 e. The molecule has 16 heavy (non-hydrogen) atoms. The number of nitrogens with one attached hydrogen (secondary N) is 1. The first-order chi connectivity index (χ1) is 7.77. The van der Waals surface area contributed by atoms with Crippen molar-refractivity contribution in [3.05, 3.63) is 11.8 Å². The van der Waals surface area contributed by atoms with E-state index in [1.807, 2.05) is 11.9 Å². The van der Waals surface area contributed by atoms with Gasteiger partial charge >= 0.3 is 0 Å². The molecule has 3 nitrogen and oxygen atoms in total. The van der Waals surface area contributed by atoms with Gasteiger partial charge in [0.25, 0.3) is 0 Å². The van der Waals surface area contributed by atoms with Crippen LogP contribution in [0.3, 0.4) is 0 Å². The van der Waals surface area contributed by atoms with E-state index in [9.17, 15) is 4.79 Å². The van der Waals surface area contributed by atoms with Gasteiger partial charge < -0.3 is 10.2 Å². The van der Waals surface area contributed by atoms with Crippen molar-refractivity contribution in [3.8, 4) is 0 Å². The van der Waals surface area contributed by atoms with Crippen molar-refractivity contribution in [3.63, 3.8) is 0 Å². The molecule has 2 rings (SSSR count). The highest BCUT2D eigenvalue weighted by atomic mass is 32.2. The lowest BCUT2D eigenvalue weighted by molar-refractivity contribution is -0.125. The van der Waals surface area contributed by atoms with Gasteiger partial charge in [-0.1, -0.05) is 6.08 Å². The van der Waals surface area contributed by atoms with Crippen LogP contribution in [0.5, 0.6) is 0 Å². The standard InChI is InChI=1S/C12H20N2OS/c1-14(11-4-2-3-5-11)12(15)9-16-8-10-6-13-7-10/h4,10,13H,2-3,5-9H2,1H3. The SMILES string of the molecule is CN(C(=O)CSCC1CNC1)C1=CCCC1. The summed E-state index contributed by atoms with van der Waals surface area (Å²) in [6.45, 7) is 2.25. The van der Waals surface area contributed by atoms with Crippen LogP contribution in [-0.4, -0.2) is 42.4 Å². The lowest BCUT2D eigenvalue weighted by atomic mass is 10.1. The molecule has 0 unspecified atom stereocenters. The number of rotatable bonds is 5. The van der Waals surface area contributed by atoms with Crippen molar-refractivity contribution in [1.29, 1.82) is 0 Å². The number of nitrogens with zero attached hydrogens (tertiary/aromatic N) is 1. The van der Waals surface area contributed by atoms with Gasteiger partial charge in [0.15, 0.2) is 0 Å². The molecule has 1 aliphatic carbocycles. The summed E-state index contributed by atoms with van der Waals surface area (Å²) in [6, 6.07) is 0.